The van der Waals surface area contributed by atoms with E-state index in [4.69, 9.17) is 25.8 Å². The molecule has 1 heterocycles. The number of hydrogen-bond acceptors (Lipinski definition) is 4. The van der Waals surface area contributed by atoms with Crippen LogP contribution in [-0.4, -0.2) is 25.7 Å². The van der Waals surface area contributed by atoms with Gasteiger partial charge in [-0.3, -0.25) is 4.79 Å². The van der Waals surface area contributed by atoms with Gasteiger partial charge in [-0.05, 0) is 49.7 Å². The topological polar surface area (TPSA) is 56.8 Å². The molecule has 6 heteroatoms. The lowest BCUT2D eigenvalue weighted by atomic mass is 10.1. The van der Waals surface area contributed by atoms with Gasteiger partial charge in [0.25, 0.3) is 5.91 Å². The minimum absolute atomic E-state index is 0.186. The molecule has 5 nitrogen and oxygen atoms in total. The average Bonchev–Trinajstić information content (AvgIpc) is 2.63. The lowest BCUT2D eigenvalue weighted by Crippen LogP contribution is -2.26. The second-order valence-corrected chi connectivity index (χ2v) is 6.08. The van der Waals surface area contributed by atoms with E-state index in [2.05, 4.69) is 5.32 Å². The summed E-state index contributed by atoms with van der Waals surface area (Å²) in [4.78, 5) is 12.5. The largest absolute Gasteiger partial charge is 0.492 e. The zero-order valence-electron chi connectivity index (χ0n) is 14.2. The quantitative estimate of drug-likeness (QED) is 0.874. The van der Waals surface area contributed by atoms with E-state index in [0.717, 1.165) is 11.3 Å². The number of fused-ring (bicyclic) bond motifs is 1. The lowest BCUT2D eigenvalue weighted by molar-refractivity contribution is 0.0939. The van der Waals surface area contributed by atoms with Crippen LogP contribution in [0.15, 0.2) is 36.4 Å². The van der Waals surface area contributed by atoms with Crippen LogP contribution in [0.25, 0.3) is 0 Å². The Morgan fingerprint density at radius 3 is 2.68 bits per heavy atom. The fourth-order valence-electron chi connectivity index (χ4n) is 2.61. The number of nitrogens with one attached hydrogen (secondary N) is 1. The molecule has 1 N–H and O–H groups in total. The van der Waals surface area contributed by atoms with E-state index in [1.165, 1.54) is 0 Å². The van der Waals surface area contributed by atoms with Crippen LogP contribution in [0.2, 0.25) is 5.02 Å². The molecule has 2 aromatic rings. The number of hydrogen-bond donors (Lipinski definition) is 1. The second-order valence-electron chi connectivity index (χ2n) is 5.68. The van der Waals surface area contributed by atoms with E-state index in [0.29, 0.717) is 41.9 Å². The number of rotatable bonds is 5. The molecule has 1 aliphatic heterocycles. The summed E-state index contributed by atoms with van der Waals surface area (Å²) in [6, 6.07) is 10.5. The third-order valence-electron chi connectivity index (χ3n) is 3.91. The first-order valence-corrected chi connectivity index (χ1v) is 8.59. The maximum Gasteiger partial charge on any atom is 0.251 e. The van der Waals surface area contributed by atoms with Crippen molar-refractivity contribution in [3.05, 3.63) is 52.5 Å². The van der Waals surface area contributed by atoms with Gasteiger partial charge < -0.3 is 19.5 Å². The van der Waals surface area contributed by atoms with Crippen LogP contribution in [0.3, 0.4) is 0 Å². The van der Waals surface area contributed by atoms with E-state index in [-0.39, 0.29) is 11.9 Å². The van der Waals surface area contributed by atoms with E-state index in [1.807, 2.05) is 32.0 Å². The van der Waals surface area contributed by atoms with Crippen molar-refractivity contribution in [2.75, 3.05) is 19.8 Å². The fourth-order valence-corrected chi connectivity index (χ4v) is 2.84. The predicted octanol–water partition coefficient (Wildman–Crippen LogP) is 4.00. The van der Waals surface area contributed by atoms with Gasteiger partial charge in [0.2, 0.25) is 0 Å². The molecule has 3 rings (SSSR count). The van der Waals surface area contributed by atoms with Gasteiger partial charge in [-0.15, -0.1) is 0 Å². The van der Waals surface area contributed by atoms with Crippen LogP contribution in [-0.2, 0) is 0 Å². The zero-order chi connectivity index (χ0) is 17.8. The Kier molecular flexibility index (Phi) is 5.34. The van der Waals surface area contributed by atoms with Crippen molar-refractivity contribution in [3.63, 3.8) is 0 Å². The van der Waals surface area contributed by atoms with Gasteiger partial charge in [-0.1, -0.05) is 17.7 Å². The highest BCUT2D eigenvalue weighted by Gasteiger charge is 2.17. The van der Waals surface area contributed by atoms with E-state index in [1.54, 1.807) is 18.2 Å². The molecule has 0 saturated carbocycles. The van der Waals surface area contributed by atoms with Gasteiger partial charge in [-0.2, -0.15) is 0 Å². The van der Waals surface area contributed by atoms with Gasteiger partial charge >= 0.3 is 0 Å². The van der Waals surface area contributed by atoms with Crippen molar-refractivity contribution in [2.45, 2.75) is 19.9 Å². The van der Waals surface area contributed by atoms with Crippen LogP contribution in [0.4, 0.5) is 0 Å². The third kappa shape index (κ3) is 3.99. The van der Waals surface area contributed by atoms with Crippen molar-refractivity contribution < 1.29 is 19.0 Å². The summed E-state index contributed by atoms with van der Waals surface area (Å²) in [5.74, 6) is 1.80. The highest BCUT2D eigenvalue weighted by atomic mass is 35.5. The Bertz CT molecular complexity index is 778. The molecule has 0 spiro atoms. The Morgan fingerprint density at radius 1 is 1.20 bits per heavy atom. The van der Waals surface area contributed by atoms with Gasteiger partial charge in [0, 0.05) is 5.56 Å². The molecule has 0 saturated heterocycles. The van der Waals surface area contributed by atoms with Crippen molar-refractivity contribution in [3.8, 4) is 17.2 Å². The molecule has 0 radical (unpaired) electrons. The maximum absolute atomic E-state index is 12.5. The lowest BCUT2D eigenvalue weighted by Gasteiger charge is -2.21. The zero-order valence-corrected chi connectivity index (χ0v) is 14.9. The van der Waals surface area contributed by atoms with E-state index >= 15 is 0 Å². The molecule has 2 aromatic carbocycles. The molecular formula is C19H20ClNO4. The molecular weight excluding hydrogens is 342 g/mol. The minimum Gasteiger partial charge on any atom is -0.492 e. The van der Waals surface area contributed by atoms with Crippen molar-refractivity contribution in [2.24, 2.45) is 0 Å². The van der Waals surface area contributed by atoms with E-state index in [9.17, 15) is 4.79 Å². The summed E-state index contributed by atoms with van der Waals surface area (Å²) in [6.45, 7) is 5.40. The molecule has 1 amide bonds. The SMILES string of the molecule is CCOc1ccc(C(=O)N[C@@H](C)c2ccc3c(c2)OCCO3)cc1Cl. The third-order valence-corrected chi connectivity index (χ3v) is 4.20. The van der Waals surface area contributed by atoms with Crippen molar-refractivity contribution in [1.82, 2.24) is 5.32 Å². The smallest absolute Gasteiger partial charge is 0.251 e. The number of carbonyl (C=O) groups is 1. The first-order chi connectivity index (χ1) is 12.1. The normalized spacial score (nSPS) is 13.9. The monoisotopic (exact) mass is 361 g/mol. The molecule has 1 aliphatic rings. The Morgan fingerprint density at radius 2 is 1.96 bits per heavy atom. The van der Waals surface area contributed by atoms with Crippen LogP contribution in [0.5, 0.6) is 17.2 Å². The molecule has 0 bridgehead atoms. The van der Waals surface area contributed by atoms with Crippen LogP contribution in [0.1, 0.15) is 35.8 Å². The number of halogens is 1. The first-order valence-electron chi connectivity index (χ1n) is 8.21. The molecule has 1 atom stereocenters. The molecule has 25 heavy (non-hydrogen) atoms. The van der Waals surface area contributed by atoms with Crippen molar-refractivity contribution in [1.29, 1.82) is 0 Å². The van der Waals surface area contributed by atoms with Gasteiger partial charge in [0.1, 0.15) is 19.0 Å². The highest BCUT2D eigenvalue weighted by Crippen LogP contribution is 2.32. The first kappa shape index (κ1) is 17.4. The highest BCUT2D eigenvalue weighted by molar-refractivity contribution is 6.32. The summed E-state index contributed by atoms with van der Waals surface area (Å²) in [5, 5.41) is 3.38. The Labute approximate surface area is 151 Å². The standard InChI is InChI=1S/C19H20ClNO4/c1-3-23-16-6-5-14(10-15(16)20)19(22)21-12(2)13-4-7-17-18(11-13)25-9-8-24-17/h4-7,10-12H,3,8-9H2,1-2H3,(H,21,22)/t12-/m0/s1. The molecule has 0 aliphatic carbocycles. The summed E-state index contributed by atoms with van der Waals surface area (Å²) in [7, 11) is 0. The molecule has 0 aromatic heterocycles. The molecule has 132 valence electrons. The number of benzene rings is 2. The van der Waals surface area contributed by atoms with Crippen LogP contribution < -0.4 is 19.5 Å². The minimum atomic E-state index is -0.202. The Balaban J connectivity index is 1.71. The van der Waals surface area contributed by atoms with Crippen LogP contribution in [0, 0.1) is 0 Å². The average molecular weight is 362 g/mol. The fraction of sp³-hybridized carbons (Fsp3) is 0.316. The summed E-state index contributed by atoms with van der Waals surface area (Å²) >= 11 is 6.15. The van der Waals surface area contributed by atoms with Gasteiger partial charge in [0.15, 0.2) is 11.5 Å². The van der Waals surface area contributed by atoms with E-state index < -0.39 is 0 Å². The second kappa shape index (κ2) is 7.66. The summed E-state index contributed by atoms with van der Waals surface area (Å²) in [5.41, 5.74) is 1.42. The van der Waals surface area contributed by atoms with Crippen LogP contribution >= 0.6 is 11.6 Å². The predicted molar refractivity (Wildman–Crippen MR) is 95.9 cm³/mol. The molecule has 0 fully saturated rings. The van der Waals surface area contributed by atoms with Gasteiger partial charge in [-0.25, -0.2) is 0 Å². The summed E-state index contributed by atoms with van der Waals surface area (Å²) in [6.07, 6.45) is 0. The maximum atomic E-state index is 12.5. The number of amides is 1. The summed E-state index contributed by atoms with van der Waals surface area (Å²) < 4.78 is 16.5. The van der Waals surface area contributed by atoms with Gasteiger partial charge in [0.05, 0.1) is 17.7 Å². The molecule has 0 unspecified atom stereocenters. The Hall–Kier alpha value is -2.40. The number of ether oxygens (including phenoxy) is 3. The van der Waals surface area contributed by atoms with Crippen molar-refractivity contribution >= 4 is 17.5 Å². The number of carbonyl (C=O) groups excluding carboxylic acids is 1.